The lowest BCUT2D eigenvalue weighted by Crippen LogP contribution is -2.32. The molecule has 0 aliphatic carbocycles. The van der Waals surface area contributed by atoms with E-state index in [4.69, 9.17) is 25.8 Å². The van der Waals surface area contributed by atoms with Crippen molar-refractivity contribution in [1.82, 2.24) is 0 Å². The van der Waals surface area contributed by atoms with E-state index in [-0.39, 0.29) is 6.61 Å². The van der Waals surface area contributed by atoms with Crippen LogP contribution in [-0.4, -0.2) is 36.3 Å². The van der Waals surface area contributed by atoms with Crippen LogP contribution in [0.1, 0.15) is 38.3 Å². The molecule has 5 nitrogen and oxygen atoms in total. The number of alkyl halides is 1. The highest BCUT2D eigenvalue weighted by atomic mass is 35.5. The summed E-state index contributed by atoms with van der Waals surface area (Å²) in [4.78, 5) is 24.5. The van der Waals surface area contributed by atoms with Gasteiger partial charge in [-0.25, -0.2) is 9.59 Å². The average molecular weight is 389 g/mol. The van der Waals surface area contributed by atoms with E-state index in [1.165, 1.54) is 0 Å². The molecule has 0 saturated carbocycles. The lowest BCUT2D eigenvalue weighted by Gasteiger charge is -2.19. The number of aryl methyl sites for hydroxylation is 2. The van der Waals surface area contributed by atoms with Crippen molar-refractivity contribution in [3.05, 3.63) is 70.8 Å². The average Bonchev–Trinajstić information content (AvgIpc) is 3.00. The third kappa shape index (κ3) is 5.08. The number of hydrogen-bond donors (Lipinski definition) is 0. The second kappa shape index (κ2) is 8.55. The fourth-order valence-corrected chi connectivity index (χ4v) is 3.07. The van der Waals surface area contributed by atoms with Gasteiger partial charge in [-0.1, -0.05) is 47.0 Å². The molecule has 142 valence electrons. The van der Waals surface area contributed by atoms with Crippen LogP contribution in [-0.2, 0) is 14.2 Å². The third-order valence-electron chi connectivity index (χ3n) is 4.37. The van der Waals surface area contributed by atoms with E-state index in [0.717, 1.165) is 11.1 Å². The Morgan fingerprint density at radius 2 is 1.48 bits per heavy atom. The Morgan fingerprint density at radius 1 is 0.963 bits per heavy atom. The van der Waals surface area contributed by atoms with Gasteiger partial charge in [0, 0.05) is 6.42 Å². The molecule has 0 aromatic heterocycles. The topological polar surface area (TPSA) is 61.8 Å². The summed E-state index contributed by atoms with van der Waals surface area (Å²) in [6.45, 7) is 3.84. The lowest BCUT2D eigenvalue weighted by atomic mass is 10.1. The van der Waals surface area contributed by atoms with Crippen LogP contribution in [0, 0.1) is 13.8 Å². The highest BCUT2D eigenvalue weighted by molar-refractivity contribution is 6.19. The number of hydrogen-bond acceptors (Lipinski definition) is 5. The molecule has 3 atom stereocenters. The molecule has 0 bridgehead atoms. The predicted octanol–water partition coefficient (Wildman–Crippen LogP) is 4.04. The van der Waals surface area contributed by atoms with Gasteiger partial charge in [0.05, 0.1) is 11.1 Å². The van der Waals surface area contributed by atoms with E-state index in [1.807, 2.05) is 38.1 Å². The molecule has 2 aromatic rings. The summed E-state index contributed by atoms with van der Waals surface area (Å²) < 4.78 is 16.4. The minimum Gasteiger partial charge on any atom is -0.459 e. The van der Waals surface area contributed by atoms with Gasteiger partial charge in [-0.3, -0.25) is 0 Å². The summed E-state index contributed by atoms with van der Waals surface area (Å²) >= 11 is 6.05. The van der Waals surface area contributed by atoms with Crippen molar-refractivity contribution >= 4 is 23.5 Å². The van der Waals surface area contributed by atoms with Crippen LogP contribution in [0.25, 0.3) is 0 Å². The van der Waals surface area contributed by atoms with E-state index in [1.54, 1.807) is 24.3 Å². The molecule has 0 radical (unpaired) electrons. The van der Waals surface area contributed by atoms with E-state index < -0.39 is 29.7 Å². The molecule has 1 saturated heterocycles. The molecule has 0 spiro atoms. The zero-order valence-electron chi connectivity index (χ0n) is 15.2. The van der Waals surface area contributed by atoms with Gasteiger partial charge >= 0.3 is 11.9 Å². The van der Waals surface area contributed by atoms with Gasteiger partial charge in [0.15, 0.2) is 0 Å². The van der Waals surface area contributed by atoms with Crippen LogP contribution < -0.4 is 0 Å². The predicted molar refractivity (Wildman–Crippen MR) is 101 cm³/mol. The normalized spacial score (nSPS) is 21.7. The molecule has 0 N–H and O–H groups in total. The van der Waals surface area contributed by atoms with Crippen molar-refractivity contribution in [2.24, 2.45) is 0 Å². The van der Waals surface area contributed by atoms with E-state index in [9.17, 15) is 9.59 Å². The molecule has 27 heavy (non-hydrogen) atoms. The van der Waals surface area contributed by atoms with Crippen molar-refractivity contribution in [3.63, 3.8) is 0 Å². The summed E-state index contributed by atoms with van der Waals surface area (Å²) in [7, 11) is 0. The van der Waals surface area contributed by atoms with Gasteiger partial charge in [-0.15, -0.1) is 0 Å². The fraction of sp³-hybridized carbons (Fsp3) is 0.333. The minimum atomic E-state index is -0.601. The maximum Gasteiger partial charge on any atom is 0.338 e. The van der Waals surface area contributed by atoms with Crippen molar-refractivity contribution < 1.29 is 23.8 Å². The summed E-state index contributed by atoms with van der Waals surface area (Å²) in [6.07, 6.45) is -0.838. The molecular formula is C21H21ClO5. The number of esters is 2. The van der Waals surface area contributed by atoms with Gasteiger partial charge in [0.1, 0.15) is 24.4 Å². The van der Waals surface area contributed by atoms with Crippen LogP contribution in [0.3, 0.4) is 0 Å². The van der Waals surface area contributed by atoms with Crippen LogP contribution in [0.5, 0.6) is 0 Å². The fourth-order valence-electron chi connectivity index (χ4n) is 2.76. The van der Waals surface area contributed by atoms with Gasteiger partial charge in [-0.2, -0.15) is 0 Å². The third-order valence-corrected chi connectivity index (χ3v) is 4.65. The highest BCUT2D eigenvalue weighted by Gasteiger charge is 2.38. The number of halogens is 1. The quantitative estimate of drug-likeness (QED) is 0.571. The van der Waals surface area contributed by atoms with Crippen LogP contribution in [0.2, 0.25) is 0 Å². The van der Waals surface area contributed by atoms with Crippen LogP contribution in [0.15, 0.2) is 48.5 Å². The SMILES string of the molecule is Cc1ccc(C(=O)OCC2O[C@@H](Cl)C[C@H]2OC(=O)c2ccc(C)cc2)cc1. The van der Waals surface area contributed by atoms with Crippen molar-refractivity contribution in [1.29, 1.82) is 0 Å². The van der Waals surface area contributed by atoms with Gasteiger partial charge in [0.25, 0.3) is 0 Å². The maximum absolute atomic E-state index is 12.3. The number of rotatable bonds is 5. The molecule has 3 rings (SSSR count). The Labute approximate surface area is 163 Å². The smallest absolute Gasteiger partial charge is 0.338 e. The Hall–Kier alpha value is -2.37. The molecule has 2 aromatic carbocycles. The molecule has 1 unspecified atom stereocenters. The first-order chi connectivity index (χ1) is 12.9. The number of ether oxygens (including phenoxy) is 3. The summed E-state index contributed by atoms with van der Waals surface area (Å²) in [5.41, 5.74) is 2.42. The Bertz CT molecular complexity index is 800. The largest absolute Gasteiger partial charge is 0.459 e. The summed E-state index contributed by atoms with van der Waals surface area (Å²) in [5, 5.41) is 0. The molecule has 1 aliphatic heterocycles. The zero-order valence-corrected chi connectivity index (χ0v) is 15.9. The van der Waals surface area contributed by atoms with Gasteiger partial charge < -0.3 is 14.2 Å². The highest BCUT2D eigenvalue weighted by Crippen LogP contribution is 2.27. The van der Waals surface area contributed by atoms with Gasteiger partial charge in [0.2, 0.25) is 0 Å². The first kappa shape index (κ1) is 19.4. The molecule has 1 aliphatic rings. The monoisotopic (exact) mass is 388 g/mol. The zero-order chi connectivity index (χ0) is 19.4. The number of benzene rings is 2. The molecule has 1 heterocycles. The maximum atomic E-state index is 12.3. The molecule has 0 amide bonds. The van der Waals surface area contributed by atoms with Crippen LogP contribution >= 0.6 is 11.6 Å². The molecular weight excluding hydrogens is 368 g/mol. The van der Waals surface area contributed by atoms with E-state index >= 15 is 0 Å². The lowest BCUT2D eigenvalue weighted by molar-refractivity contribution is -0.0322. The van der Waals surface area contributed by atoms with Crippen molar-refractivity contribution in [2.45, 2.75) is 38.0 Å². The van der Waals surface area contributed by atoms with E-state index in [0.29, 0.717) is 17.5 Å². The first-order valence-corrected chi connectivity index (χ1v) is 9.17. The standard InChI is InChI=1S/C21H21ClO5/c1-13-3-7-15(8-4-13)20(23)25-12-18-17(11-19(22)26-18)27-21(24)16-9-5-14(2)6-10-16/h3-10,17-19H,11-12H2,1-2H3/t17-,18?,19-/m1/s1. The Balaban J connectivity index is 1.58. The van der Waals surface area contributed by atoms with Crippen molar-refractivity contribution in [2.75, 3.05) is 6.61 Å². The Morgan fingerprint density at radius 3 is 2.04 bits per heavy atom. The van der Waals surface area contributed by atoms with Crippen LogP contribution in [0.4, 0.5) is 0 Å². The second-order valence-electron chi connectivity index (χ2n) is 6.59. The Kier molecular flexibility index (Phi) is 6.14. The number of carbonyl (C=O) groups is 2. The second-order valence-corrected chi connectivity index (χ2v) is 7.08. The van der Waals surface area contributed by atoms with Gasteiger partial charge in [-0.05, 0) is 38.1 Å². The summed E-state index contributed by atoms with van der Waals surface area (Å²) in [5.74, 6) is -0.913. The summed E-state index contributed by atoms with van der Waals surface area (Å²) in [6, 6.07) is 14.2. The number of carbonyl (C=O) groups excluding carboxylic acids is 2. The molecule has 6 heteroatoms. The van der Waals surface area contributed by atoms with E-state index in [2.05, 4.69) is 0 Å². The van der Waals surface area contributed by atoms with Crippen molar-refractivity contribution in [3.8, 4) is 0 Å². The first-order valence-electron chi connectivity index (χ1n) is 8.73. The minimum absolute atomic E-state index is 0.0399. The molecule has 1 fully saturated rings.